The summed E-state index contributed by atoms with van der Waals surface area (Å²) < 4.78 is 41.8. The topological polar surface area (TPSA) is 38.3 Å². The third-order valence-corrected chi connectivity index (χ3v) is 4.29. The van der Waals surface area contributed by atoms with E-state index in [2.05, 4.69) is 5.32 Å². The van der Waals surface area contributed by atoms with Crippen LogP contribution in [0.5, 0.6) is 0 Å². The number of carbonyl (C=O) groups excluding carboxylic acids is 1. The van der Waals surface area contributed by atoms with Crippen molar-refractivity contribution in [3.63, 3.8) is 0 Å². The van der Waals surface area contributed by atoms with Crippen LogP contribution < -0.4 is 5.32 Å². The number of alkyl halides is 5. The van der Waals surface area contributed by atoms with Gasteiger partial charge in [0.2, 0.25) is 6.23 Å². The van der Waals surface area contributed by atoms with Crippen LogP contribution in [0.25, 0.3) is 6.08 Å². The highest BCUT2D eigenvalue weighted by molar-refractivity contribution is 6.49. The van der Waals surface area contributed by atoms with Crippen molar-refractivity contribution in [3.8, 4) is 0 Å². The summed E-state index contributed by atoms with van der Waals surface area (Å²) in [6, 6.07) is 4.38. The molecule has 1 aliphatic rings. The van der Waals surface area contributed by atoms with Gasteiger partial charge in [-0.1, -0.05) is 55.1 Å². The normalized spacial score (nSPS) is 20.2. The van der Waals surface area contributed by atoms with Gasteiger partial charge in [0.25, 0.3) is 5.91 Å². The quantitative estimate of drug-likeness (QED) is 0.582. The van der Waals surface area contributed by atoms with Gasteiger partial charge in [-0.25, -0.2) is 0 Å². The lowest BCUT2D eigenvalue weighted by Crippen LogP contribution is -2.41. The molecule has 0 saturated carbocycles. The van der Waals surface area contributed by atoms with E-state index in [0.29, 0.717) is 12.0 Å². The number of hydrogen-bond acceptors (Lipinski definition) is 2. The molecule has 1 aromatic rings. The summed E-state index contributed by atoms with van der Waals surface area (Å²) in [7, 11) is 0. The fourth-order valence-electron chi connectivity index (χ4n) is 2.15. The number of nitrogens with one attached hydrogen (secondary N) is 1. The van der Waals surface area contributed by atoms with Crippen LogP contribution in [0.4, 0.5) is 13.2 Å². The standard InChI is InChI=1S/C16H16Cl2F3NO2/c1-2-3-8-15(17,18)14-22-13(23)12(24-14)9-10-4-6-11(7-5-10)16(19,20)21/h4-7,9,14H,2-3,8H2,1H3,(H,22,23)/b12-9-. The predicted molar refractivity (Wildman–Crippen MR) is 86.4 cm³/mol. The highest BCUT2D eigenvalue weighted by Crippen LogP contribution is 2.36. The van der Waals surface area contributed by atoms with Crippen LogP contribution in [0.15, 0.2) is 30.0 Å². The summed E-state index contributed by atoms with van der Waals surface area (Å²) in [5.74, 6) is -0.552. The van der Waals surface area contributed by atoms with E-state index in [9.17, 15) is 18.0 Å². The Balaban J connectivity index is 2.12. The summed E-state index contributed by atoms with van der Waals surface area (Å²) in [6.07, 6.45) is -1.88. The fraction of sp³-hybridized carbons (Fsp3) is 0.438. The Bertz CT molecular complexity index is 627. The van der Waals surface area contributed by atoms with Gasteiger partial charge in [0.05, 0.1) is 5.56 Å². The maximum atomic E-state index is 12.5. The Morgan fingerprint density at radius 2 is 1.88 bits per heavy atom. The predicted octanol–water partition coefficient (Wildman–Crippen LogP) is 4.88. The van der Waals surface area contributed by atoms with Crippen LogP contribution in [-0.4, -0.2) is 16.5 Å². The summed E-state index contributed by atoms with van der Waals surface area (Å²) in [5, 5.41) is 2.54. The Labute approximate surface area is 147 Å². The van der Waals surface area contributed by atoms with Crippen molar-refractivity contribution in [2.75, 3.05) is 0 Å². The smallest absolute Gasteiger partial charge is 0.416 e. The van der Waals surface area contributed by atoms with Crippen molar-refractivity contribution in [2.24, 2.45) is 0 Å². The first kappa shape index (κ1) is 18.9. The van der Waals surface area contributed by atoms with Gasteiger partial charge in [-0.05, 0) is 30.2 Å². The highest BCUT2D eigenvalue weighted by atomic mass is 35.5. The lowest BCUT2D eigenvalue weighted by Gasteiger charge is -2.24. The van der Waals surface area contributed by atoms with E-state index in [1.54, 1.807) is 0 Å². The van der Waals surface area contributed by atoms with E-state index < -0.39 is 28.2 Å². The van der Waals surface area contributed by atoms with Crippen LogP contribution in [0, 0.1) is 0 Å². The lowest BCUT2D eigenvalue weighted by atomic mass is 10.1. The van der Waals surface area contributed by atoms with Crippen LogP contribution in [0.3, 0.4) is 0 Å². The third-order valence-electron chi connectivity index (χ3n) is 3.51. The molecule has 1 fully saturated rings. The second-order valence-corrected chi connectivity index (χ2v) is 7.01. The van der Waals surface area contributed by atoms with Gasteiger partial charge in [0, 0.05) is 0 Å². The maximum Gasteiger partial charge on any atom is 0.416 e. The first-order chi connectivity index (χ1) is 11.1. The first-order valence-corrected chi connectivity index (χ1v) is 8.13. The molecule has 0 bridgehead atoms. The molecule has 1 N–H and O–H groups in total. The largest absolute Gasteiger partial charge is 0.462 e. The molecule has 132 valence electrons. The van der Waals surface area contributed by atoms with Gasteiger partial charge in [0.15, 0.2) is 10.1 Å². The van der Waals surface area contributed by atoms with Crippen LogP contribution in [0.1, 0.15) is 37.3 Å². The average Bonchev–Trinajstić information content (AvgIpc) is 2.87. The molecule has 1 unspecified atom stereocenters. The Morgan fingerprint density at radius 1 is 1.25 bits per heavy atom. The zero-order valence-corrected chi connectivity index (χ0v) is 14.3. The van der Waals surface area contributed by atoms with Gasteiger partial charge in [-0.2, -0.15) is 13.2 Å². The fourth-order valence-corrected chi connectivity index (χ4v) is 2.62. The first-order valence-electron chi connectivity index (χ1n) is 7.38. The molecule has 1 saturated heterocycles. The number of ether oxygens (including phenoxy) is 1. The number of carbonyl (C=O) groups is 1. The average molecular weight is 382 g/mol. The zero-order chi connectivity index (χ0) is 18.0. The zero-order valence-electron chi connectivity index (χ0n) is 12.8. The molecular formula is C16H16Cl2F3NO2. The van der Waals surface area contributed by atoms with E-state index in [-0.39, 0.29) is 5.76 Å². The third kappa shape index (κ3) is 4.57. The summed E-state index contributed by atoms with van der Waals surface area (Å²) in [4.78, 5) is 11.9. The summed E-state index contributed by atoms with van der Waals surface area (Å²) in [5.41, 5.74) is -0.364. The molecular weight excluding hydrogens is 366 g/mol. The van der Waals surface area contributed by atoms with E-state index in [0.717, 1.165) is 25.0 Å². The minimum Gasteiger partial charge on any atom is -0.462 e. The Hall–Kier alpha value is -1.40. The molecule has 3 nitrogen and oxygen atoms in total. The Kier molecular flexibility index (Phi) is 5.71. The molecule has 0 aromatic heterocycles. The molecule has 8 heteroatoms. The molecule has 0 radical (unpaired) electrons. The molecule has 2 rings (SSSR count). The minimum atomic E-state index is -4.41. The second-order valence-electron chi connectivity index (χ2n) is 5.46. The van der Waals surface area contributed by atoms with Crippen LogP contribution in [-0.2, 0) is 15.7 Å². The van der Waals surface area contributed by atoms with Crippen molar-refractivity contribution >= 4 is 35.2 Å². The van der Waals surface area contributed by atoms with E-state index in [1.807, 2.05) is 6.92 Å². The van der Waals surface area contributed by atoms with Crippen molar-refractivity contribution in [2.45, 2.75) is 42.9 Å². The van der Waals surface area contributed by atoms with Crippen molar-refractivity contribution in [3.05, 3.63) is 41.2 Å². The summed E-state index contributed by atoms with van der Waals surface area (Å²) in [6.45, 7) is 1.98. The number of rotatable bonds is 5. The number of unbranched alkanes of at least 4 members (excludes halogenated alkanes) is 1. The molecule has 1 heterocycles. The van der Waals surface area contributed by atoms with E-state index >= 15 is 0 Å². The van der Waals surface area contributed by atoms with E-state index in [4.69, 9.17) is 27.9 Å². The molecule has 0 aliphatic carbocycles. The van der Waals surface area contributed by atoms with Crippen LogP contribution >= 0.6 is 23.2 Å². The molecule has 24 heavy (non-hydrogen) atoms. The maximum absolute atomic E-state index is 12.5. The second kappa shape index (κ2) is 7.23. The van der Waals surface area contributed by atoms with Gasteiger partial charge < -0.3 is 10.1 Å². The van der Waals surface area contributed by atoms with Gasteiger partial charge >= 0.3 is 6.18 Å². The van der Waals surface area contributed by atoms with Gasteiger partial charge in [-0.15, -0.1) is 0 Å². The summed E-state index contributed by atoms with van der Waals surface area (Å²) >= 11 is 12.4. The van der Waals surface area contributed by atoms with Gasteiger partial charge in [-0.3, -0.25) is 4.79 Å². The molecule has 1 amide bonds. The number of amides is 1. The van der Waals surface area contributed by atoms with Crippen LogP contribution in [0.2, 0.25) is 0 Å². The molecule has 1 aliphatic heterocycles. The van der Waals surface area contributed by atoms with Gasteiger partial charge in [0.1, 0.15) is 0 Å². The van der Waals surface area contributed by atoms with E-state index in [1.165, 1.54) is 18.2 Å². The SMILES string of the molecule is CCCCC(Cl)(Cl)C1NC(=O)/C(=C/c2ccc(C(F)(F)F)cc2)O1. The van der Waals surface area contributed by atoms with Crippen molar-refractivity contribution < 1.29 is 22.7 Å². The molecule has 1 atom stereocenters. The number of halogens is 5. The number of hydrogen-bond donors (Lipinski definition) is 1. The Morgan fingerprint density at radius 3 is 2.42 bits per heavy atom. The van der Waals surface area contributed by atoms with Crippen molar-refractivity contribution in [1.29, 1.82) is 0 Å². The monoisotopic (exact) mass is 381 g/mol. The number of benzene rings is 1. The highest BCUT2D eigenvalue weighted by Gasteiger charge is 2.43. The minimum absolute atomic E-state index is 0.0399. The van der Waals surface area contributed by atoms with Crippen molar-refractivity contribution in [1.82, 2.24) is 5.32 Å². The molecule has 1 aromatic carbocycles. The molecule has 0 spiro atoms. The lowest BCUT2D eigenvalue weighted by molar-refractivity contribution is -0.137.